The largest absolute Gasteiger partial charge is 0.494 e. The Labute approximate surface area is 118 Å². The third-order valence-electron chi connectivity index (χ3n) is 2.35. The second-order valence-electron chi connectivity index (χ2n) is 4.06. The number of rotatable bonds is 7. The molecule has 0 saturated heterocycles. The molecular weight excluding hydrogens is 296 g/mol. The Morgan fingerprint density at radius 3 is 2.67 bits per heavy atom. The summed E-state index contributed by atoms with van der Waals surface area (Å²) in [6.07, 6.45) is -3.85. The Bertz CT molecular complexity index is 497. The summed E-state index contributed by atoms with van der Waals surface area (Å²) < 4.78 is 58.1. The fourth-order valence-corrected chi connectivity index (χ4v) is 1.34. The van der Waals surface area contributed by atoms with Gasteiger partial charge in [-0.3, -0.25) is 4.79 Å². The van der Waals surface area contributed by atoms with E-state index in [1.807, 2.05) is 0 Å². The summed E-state index contributed by atoms with van der Waals surface area (Å²) in [6, 6.07) is 4.38. The first-order valence-corrected chi connectivity index (χ1v) is 5.73. The van der Waals surface area contributed by atoms with Crippen molar-refractivity contribution in [1.29, 1.82) is 0 Å². The highest BCUT2D eigenvalue weighted by Gasteiger charge is 2.41. The van der Waals surface area contributed by atoms with Crippen LogP contribution >= 0.6 is 0 Å². The minimum atomic E-state index is -4.29. The van der Waals surface area contributed by atoms with E-state index in [9.17, 15) is 22.4 Å². The van der Waals surface area contributed by atoms with Gasteiger partial charge in [0.15, 0.2) is 0 Å². The van der Waals surface area contributed by atoms with Crippen LogP contribution < -0.4 is 15.8 Å². The van der Waals surface area contributed by atoms with Gasteiger partial charge in [-0.1, -0.05) is 0 Å². The molecule has 0 spiro atoms. The topological polar surface area (TPSA) is 73.6 Å². The number of hydrogen-bond donors (Lipinski definition) is 2. The number of carbonyl (C=O) groups is 1. The van der Waals surface area contributed by atoms with Crippen molar-refractivity contribution in [1.82, 2.24) is 0 Å². The van der Waals surface area contributed by atoms with Crippen molar-refractivity contribution in [2.24, 2.45) is 0 Å². The van der Waals surface area contributed by atoms with Gasteiger partial charge in [0.1, 0.15) is 19.0 Å². The zero-order chi connectivity index (χ0) is 16.0. The standard InChI is InChI=1S/C12H14F4N2O3/c1-20-9-4-7(17)2-3-8(9)18-10(19)5-21-6-12(15,16)11(13)14/h2-4,11H,5-6,17H2,1H3,(H,18,19). The Hall–Kier alpha value is -2.03. The van der Waals surface area contributed by atoms with Crippen LogP contribution in [0.5, 0.6) is 5.75 Å². The predicted octanol–water partition coefficient (Wildman–Crippen LogP) is 2.13. The molecule has 9 heteroatoms. The van der Waals surface area contributed by atoms with E-state index in [1.54, 1.807) is 0 Å². The van der Waals surface area contributed by atoms with Gasteiger partial charge in [-0.15, -0.1) is 0 Å². The highest BCUT2D eigenvalue weighted by atomic mass is 19.3. The minimum Gasteiger partial charge on any atom is -0.494 e. The van der Waals surface area contributed by atoms with E-state index in [4.69, 9.17) is 10.5 Å². The van der Waals surface area contributed by atoms with Crippen molar-refractivity contribution >= 4 is 17.3 Å². The number of carbonyl (C=O) groups excluding carboxylic acids is 1. The number of nitrogens with one attached hydrogen (secondary N) is 1. The molecule has 0 aliphatic carbocycles. The Morgan fingerprint density at radius 1 is 1.43 bits per heavy atom. The molecule has 0 saturated carbocycles. The minimum absolute atomic E-state index is 0.251. The quantitative estimate of drug-likeness (QED) is 0.598. The molecule has 1 rings (SSSR count). The molecule has 0 heterocycles. The van der Waals surface area contributed by atoms with Crippen LogP contribution in [-0.2, 0) is 9.53 Å². The molecule has 0 unspecified atom stereocenters. The van der Waals surface area contributed by atoms with Crippen LogP contribution in [-0.4, -0.2) is 38.6 Å². The van der Waals surface area contributed by atoms with Crippen molar-refractivity contribution in [3.63, 3.8) is 0 Å². The monoisotopic (exact) mass is 310 g/mol. The van der Waals surface area contributed by atoms with Gasteiger partial charge >= 0.3 is 12.3 Å². The first-order chi connectivity index (χ1) is 9.76. The average Bonchev–Trinajstić information content (AvgIpc) is 2.40. The molecule has 0 fully saturated rings. The number of alkyl halides is 4. The Morgan fingerprint density at radius 2 is 2.10 bits per heavy atom. The summed E-state index contributed by atoms with van der Waals surface area (Å²) in [5, 5.41) is 2.33. The first kappa shape index (κ1) is 17.0. The highest BCUT2D eigenvalue weighted by Crippen LogP contribution is 2.26. The van der Waals surface area contributed by atoms with Crippen LogP contribution in [0.15, 0.2) is 18.2 Å². The lowest BCUT2D eigenvalue weighted by Gasteiger charge is -2.15. The molecule has 0 bridgehead atoms. The van der Waals surface area contributed by atoms with Crippen LogP contribution in [0.3, 0.4) is 0 Å². The van der Waals surface area contributed by atoms with E-state index < -0.39 is 31.5 Å². The van der Waals surface area contributed by atoms with Crippen LogP contribution in [0.1, 0.15) is 0 Å². The third-order valence-corrected chi connectivity index (χ3v) is 2.35. The number of anilines is 2. The summed E-state index contributed by atoms with van der Waals surface area (Å²) in [7, 11) is 1.35. The molecule has 0 aliphatic heterocycles. The predicted molar refractivity (Wildman–Crippen MR) is 67.8 cm³/mol. The van der Waals surface area contributed by atoms with E-state index in [0.717, 1.165) is 0 Å². The van der Waals surface area contributed by atoms with Crippen molar-refractivity contribution in [2.75, 3.05) is 31.4 Å². The van der Waals surface area contributed by atoms with Crippen LogP contribution in [0.2, 0.25) is 0 Å². The number of hydrogen-bond acceptors (Lipinski definition) is 4. The zero-order valence-corrected chi connectivity index (χ0v) is 11.0. The SMILES string of the molecule is COc1cc(N)ccc1NC(=O)COCC(F)(F)C(F)F. The number of methoxy groups -OCH3 is 1. The molecule has 1 aromatic rings. The highest BCUT2D eigenvalue weighted by molar-refractivity contribution is 5.93. The molecule has 1 aromatic carbocycles. The normalized spacial score (nSPS) is 11.5. The number of nitrogen functional groups attached to an aromatic ring is 1. The summed E-state index contributed by atoms with van der Waals surface area (Å²) in [6.45, 7) is -2.34. The van der Waals surface area contributed by atoms with E-state index in [2.05, 4.69) is 10.1 Å². The number of nitrogens with two attached hydrogens (primary N) is 1. The zero-order valence-electron chi connectivity index (χ0n) is 11.0. The van der Waals surface area contributed by atoms with Gasteiger partial charge in [0.25, 0.3) is 0 Å². The lowest BCUT2D eigenvalue weighted by Crippen LogP contribution is -2.34. The molecule has 21 heavy (non-hydrogen) atoms. The summed E-state index contributed by atoms with van der Waals surface area (Å²) in [5.74, 6) is -4.82. The third kappa shape index (κ3) is 5.10. The molecule has 1 amide bonds. The maximum absolute atomic E-state index is 12.5. The fraction of sp³-hybridized carbons (Fsp3) is 0.417. The van der Waals surface area contributed by atoms with Gasteiger partial charge < -0.3 is 20.5 Å². The van der Waals surface area contributed by atoms with E-state index in [-0.39, 0.29) is 11.4 Å². The number of amides is 1. The summed E-state index contributed by atoms with van der Waals surface area (Å²) >= 11 is 0. The molecule has 0 radical (unpaired) electrons. The van der Waals surface area contributed by atoms with E-state index in [1.165, 1.54) is 25.3 Å². The van der Waals surface area contributed by atoms with Gasteiger partial charge in [-0.25, -0.2) is 8.78 Å². The Balaban J connectivity index is 2.51. The van der Waals surface area contributed by atoms with Crippen LogP contribution in [0.25, 0.3) is 0 Å². The molecule has 0 aromatic heterocycles. The van der Waals surface area contributed by atoms with Crippen LogP contribution in [0.4, 0.5) is 28.9 Å². The second-order valence-corrected chi connectivity index (χ2v) is 4.06. The van der Waals surface area contributed by atoms with Gasteiger partial charge in [-0.2, -0.15) is 8.78 Å². The molecule has 3 N–H and O–H groups in total. The van der Waals surface area contributed by atoms with Gasteiger partial charge in [-0.05, 0) is 12.1 Å². The fourth-order valence-electron chi connectivity index (χ4n) is 1.34. The summed E-state index contributed by atoms with van der Waals surface area (Å²) in [5.41, 5.74) is 6.17. The van der Waals surface area contributed by atoms with E-state index in [0.29, 0.717) is 5.69 Å². The van der Waals surface area contributed by atoms with Gasteiger partial charge in [0.2, 0.25) is 5.91 Å². The second kappa shape index (κ2) is 7.11. The molecule has 0 atom stereocenters. The molecule has 118 valence electrons. The smallest absolute Gasteiger partial charge is 0.330 e. The lowest BCUT2D eigenvalue weighted by atomic mass is 10.2. The number of benzene rings is 1. The van der Waals surface area contributed by atoms with E-state index >= 15 is 0 Å². The lowest BCUT2D eigenvalue weighted by molar-refractivity contribution is -0.167. The molecular formula is C12H14F4N2O3. The Kier molecular flexibility index (Phi) is 5.77. The van der Waals surface area contributed by atoms with Crippen molar-refractivity contribution < 1.29 is 31.8 Å². The number of ether oxygens (including phenoxy) is 2. The molecule has 5 nitrogen and oxygen atoms in total. The summed E-state index contributed by atoms with van der Waals surface area (Å²) in [4.78, 5) is 11.5. The average molecular weight is 310 g/mol. The van der Waals surface area contributed by atoms with Crippen molar-refractivity contribution in [3.8, 4) is 5.75 Å². The maximum Gasteiger partial charge on any atom is 0.330 e. The van der Waals surface area contributed by atoms with Gasteiger partial charge in [0.05, 0.1) is 12.8 Å². The van der Waals surface area contributed by atoms with Crippen LogP contribution in [0, 0.1) is 0 Å². The van der Waals surface area contributed by atoms with Crippen molar-refractivity contribution in [3.05, 3.63) is 18.2 Å². The van der Waals surface area contributed by atoms with Gasteiger partial charge in [0, 0.05) is 11.8 Å². The van der Waals surface area contributed by atoms with Crippen molar-refractivity contribution in [2.45, 2.75) is 12.3 Å². The first-order valence-electron chi connectivity index (χ1n) is 5.73. The maximum atomic E-state index is 12.5. The number of halogens is 4. The molecule has 0 aliphatic rings.